The van der Waals surface area contributed by atoms with Crippen molar-refractivity contribution in [3.63, 3.8) is 0 Å². The first-order valence-corrected chi connectivity index (χ1v) is 11.7. The molecule has 4 aromatic rings. The van der Waals surface area contributed by atoms with Crippen molar-refractivity contribution in [2.45, 2.75) is 33.4 Å². The molecule has 0 unspecified atom stereocenters. The number of carbonyl (C=O) groups excluding carboxylic acids is 1. The van der Waals surface area contributed by atoms with Gasteiger partial charge in [0.2, 0.25) is 5.62 Å². The number of aryl methyl sites for hydroxylation is 2. The number of esters is 1. The topological polar surface area (TPSA) is 121 Å². The van der Waals surface area contributed by atoms with Gasteiger partial charge in [-0.15, -0.1) is 0 Å². The Morgan fingerprint density at radius 3 is 2.53 bits per heavy atom. The summed E-state index contributed by atoms with van der Waals surface area (Å²) in [5, 5.41) is 0. The van der Waals surface area contributed by atoms with Gasteiger partial charge in [0.1, 0.15) is 5.75 Å². The summed E-state index contributed by atoms with van der Waals surface area (Å²) < 4.78 is 26.4. The van der Waals surface area contributed by atoms with Crippen LogP contribution in [-0.4, -0.2) is 32.2 Å². The van der Waals surface area contributed by atoms with Gasteiger partial charge in [-0.05, 0) is 55.3 Å². The molecule has 0 aliphatic heterocycles. The number of hydrogen-bond donors (Lipinski definition) is 1. The first-order chi connectivity index (χ1) is 18.2. The Balaban J connectivity index is 1.76. The van der Waals surface area contributed by atoms with E-state index in [4.69, 9.17) is 4.74 Å². The molecule has 4 rings (SSSR count). The Bertz CT molecular complexity index is 1650. The molecule has 0 saturated carbocycles. The van der Waals surface area contributed by atoms with Crippen LogP contribution < -0.4 is 21.7 Å². The number of nitrogens with zero attached hydrogens (tertiary/aromatic N) is 4. The molecule has 0 atom stereocenters. The van der Waals surface area contributed by atoms with Crippen molar-refractivity contribution in [1.29, 1.82) is 0 Å². The Labute approximate surface area is 216 Å². The highest BCUT2D eigenvalue weighted by atomic mass is 19.1. The molecule has 2 heterocycles. The summed E-state index contributed by atoms with van der Waals surface area (Å²) in [6.45, 7) is 3.69. The second kappa shape index (κ2) is 11.5. The number of ether oxygens (including phenoxy) is 2. The molecule has 1 N–H and O–H groups in total. The first kappa shape index (κ1) is 26.3. The largest absolute Gasteiger partial charge is 0.469 e. The van der Waals surface area contributed by atoms with Crippen molar-refractivity contribution >= 4 is 11.7 Å². The Kier molecular flexibility index (Phi) is 7.95. The van der Waals surface area contributed by atoms with Gasteiger partial charge in [-0.3, -0.25) is 14.3 Å². The number of H-pyrrole nitrogens is 1. The van der Waals surface area contributed by atoms with Crippen LogP contribution in [0.4, 0.5) is 10.1 Å². The van der Waals surface area contributed by atoms with E-state index < -0.39 is 23.2 Å². The van der Waals surface area contributed by atoms with Crippen LogP contribution in [0.15, 0.2) is 75.4 Å². The average molecular weight is 520 g/mol. The third kappa shape index (κ3) is 6.12. The van der Waals surface area contributed by atoms with Crippen LogP contribution in [0.25, 0.3) is 0 Å². The minimum Gasteiger partial charge on any atom is -0.469 e. The number of methoxy groups -OCH3 is 1. The monoisotopic (exact) mass is 519 g/mol. The van der Waals surface area contributed by atoms with Gasteiger partial charge in [0, 0.05) is 12.7 Å². The second-order valence-electron chi connectivity index (χ2n) is 8.54. The van der Waals surface area contributed by atoms with Crippen molar-refractivity contribution in [1.82, 2.24) is 19.1 Å². The Hall–Kier alpha value is -4.80. The highest BCUT2D eigenvalue weighted by molar-refractivity contribution is 5.68. The van der Waals surface area contributed by atoms with E-state index in [1.165, 1.54) is 30.0 Å². The van der Waals surface area contributed by atoms with E-state index in [1.807, 2.05) is 31.2 Å². The molecule has 0 aliphatic carbocycles. The lowest BCUT2D eigenvalue weighted by molar-refractivity contribution is -0.140. The maximum atomic E-state index is 13.9. The van der Waals surface area contributed by atoms with Gasteiger partial charge in [-0.25, -0.2) is 28.5 Å². The van der Waals surface area contributed by atoms with Gasteiger partial charge in [-0.2, -0.15) is 0 Å². The van der Waals surface area contributed by atoms with E-state index in [9.17, 15) is 18.8 Å². The number of pyridine rings is 1. The van der Waals surface area contributed by atoms with Crippen molar-refractivity contribution in [3.05, 3.63) is 110 Å². The lowest BCUT2D eigenvalue weighted by Crippen LogP contribution is -2.50. The SMILES string of the molecule is COC(=O)CCn1c(=O)[nH]/c(=N\c2ccc(Oc3ncccc3F)c(C)c2)n(Cc2ccc(C)cc2)c1=O. The minimum atomic E-state index is -0.708. The van der Waals surface area contributed by atoms with E-state index in [-0.39, 0.29) is 31.0 Å². The van der Waals surface area contributed by atoms with Gasteiger partial charge < -0.3 is 9.47 Å². The third-order valence-electron chi connectivity index (χ3n) is 5.73. The molecule has 0 radical (unpaired) electrons. The molecule has 0 bridgehead atoms. The summed E-state index contributed by atoms with van der Waals surface area (Å²) >= 11 is 0. The smallest absolute Gasteiger partial charge is 0.335 e. The minimum absolute atomic E-state index is 0.0266. The quantitative estimate of drug-likeness (QED) is 0.357. The number of nitrogens with one attached hydrogen (secondary N) is 1. The van der Waals surface area contributed by atoms with Crippen LogP contribution in [0.2, 0.25) is 0 Å². The van der Waals surface area contributed by atoms with Gasteiger partial charge in [-0.1, -0.05) is 29.8 Å². The normalized spacial score (nSPS) is 11.4. The number of aromatic amines is 1. The standard InChI is InChI=1S/C27H26FN5O5/c1-17-6-8-19(9-7-17)16-33-25(31-26(35)32(27(33)36)14-12-23(34)37-3)30-20-10-11-22(18(2)15-20)38-24-21(28)5-4-13-29-24/h4-11,13,15H,12,14,16H2,1-3H3,(H,30,31,35). The lowest BCUT2D eigenvalue weighted by atomic mass is 10.1. The van der Waals surface area contributed by atoms with Crippen molar-refractivity contribution in [2.75, 3.05) is 7.11 Å². The molecule has 2 aromatic carbocycles. The summed E-state index contributed by atoms with van der Waals surface area (Å²) in [5.74, 6) is -0.918. The fourth-order valence-corrected chi connectivity index (χ4v) is 3.65. The van der Waals surface area contributed by atoms with E-state index in [0.29, 0.717) is 17.0 Å². The van der Waals surface area contributed by atoms with E-state index in [0.717, 1.165) is 15.7 Å². The predicted molar refractivity (Wildman–Crippen MR) is 137 cm³/mol. The zero-order chi connectivity index (χ0) is 27.2. The third-order valence-corrected chi connectivity index (χ3v) is 5.73. The van der Waals surface area contributed by atoms with E-state index in [2.05, 4.69) is 19.7 Å². The van der Waals surface area contributed by atoms with Crippen molar-refractivity contribution < 1.29 is 18.7 Å². The summed E-state index contributed by atoms with van der Waals surface area (Å²) in [6.07, 6.45) is 1.28. The fourth-order valence-electron chi connectivity index (χ4n) is 3.65. The molecule has 38 heavy (non-hydrogen) atoms. The number of halogens is 1. The molecule has 0 aliphatic rings. The van der Waals surface area contributed by atoms with Gasteiger partial charge in [0.25, 0.3) is 5.88 Å². The van der Waals surface area contributed by atoms with E-state index in [1.54, 1.807) is 25.1 Å². The maximum absolute atomic E-state index is 13.9. The molecule has 0 fully saturated rings. The molecule has 11 heteroatoms. The van der Waals surface area contributed by atoms with Crippen LogP contribution >= 0.6 is 0 Å². The highest BCUT2D eigenvalue weighted by Gasteiger charge is 2.13. The molecule has 2 aromatic heterocycles. The summed E-state index contributed by atoms with van der Waals surface area (Å²) in [5.41, 5.74) is 1.63. The van der Waals surface area contributed by atoms with E-state index >= 15 is 0 Å². The molecule has 196 valence electrons. The highest BCUT2D eigenvalue weighted by Crippen LogP contribution is 2.28. The molecule has 10 nitrogen and oxygen atoms in total. The molecule has 0 saturated heterocycles. The van der Waals surface area contributed by atoms with Crippen molar-refractivity contribution in [2.24, 2.45) is 4.99 Å². The van der Waals surface area contributed by atoms with Crippen LogP contribution in [0.1, 0.15) is 23.1 Å². The van der Waals surface area contributed by atoms with Gasteiger partial charge in [0.15, 0.2) is 5.82 Å². The lowest BCUT2D eigenvalue weighted by Gasteiger charge is -2.12. The molecular formula is C27H26FN5O5. The fraction of sp³-hybridized carbons (Fsp3) is 0.222. The number of carbonyl (C=O) groups is 1. The zero-order valence-corrected chi connectivity index (χ0v) is 21.1. The van der Waals surface area contributed by atoms with Gasteiger partial charge >= 0.3 is 17.3 Å². The number of rotatable bonds is 8. The predicted octanol–water partition coefficient (Wildman–Crippen LogP) is 3.13. The van der Waals surface area contributed by atoms with Crippen LogP contribution in [0.5, 0.6) is 11.6 Å². The average Bonchev–Trinajstić information content (AvgIpc) is 2.90. The molecule has 0 amide bonds. The molecule has 0 spiro atoms. The van der Waals surface area contributed by atoms with Gasteiger partial charge in [0.05, 0.1) is 25.8 Å². The number of benzene rings is 2. The van der Waals surface area contributed by atoms with Crippen LogP contribution in [0.3, 0.4) is 0 Å². The zero-order valence-electron chi connectivity index (χ0n) is 21.1. The number of hydrogen-bond acceptors (Lipinski definition) is 7. The number of aromatic nitrogens is 4. The summed E-state index contributed by atoms with van der Waals surface area (Å²) in [7, 11) is 1.24. The maximum Gasteiger partial charge on any atom is 0.335 e. The summed E-state index contributed by atoms with van der Waals surface area (Å²) in [6, 6.07) is 15.2. The Morgan fingerprint density at radius 2 is 1.84 bits per heavy atom. The molecular weight excluding hydrogens is 493 g/mol. The second-order valence-corrected chi connectivity index (χ2v) is 8.54. The summed E-state index contributed by atoms with van der Waals surface area (Å²) in [4.78, 5) is 48.8. The van der Waals surface area contributed by atoms with Crippen LogP contribution in [0, 0.1) is 19.7 Å². The van der Waals surface area contributed by atoms with Crippen LogP contribution in [-0.2, 0) is 22.6 Å². The Morgan fingerprint density at radius 1 is 1.08 bits per heavy atom. The van der Waals surface area contributed by atoms with Crippen molar-refractivity contribution in [3.8, 4) is 11.6 Å². The first-order valence-electron chi connectivity index (χ1n) is 11.7.